The standard InChI is InChI=1S/C13H23NS/c1-2-3-4-5-6-7-13(14)10-12-8-9-15-11-12/h8-9,11,13H,2-7,10,14H2,1H3. The molecule has 0 bridgehead atoms. The minimum absolute atomic E-state index is 0.362. The van der Waals surface area contributed by atoms with Crippen molar-refractivity contribution in [3.8, 4) is 0 Å². The number of hydrogen-bond donors (Lipinski definition) is 1. The van der Waals surface area contributed by atoms with Gasteiger partial charge in [-0.3, -0.25) is 0 Å². The Bertz CT molecular complexity index is 231. The molecule has 0 aliphatic rings. The van der Waals surface area contributed by atoms with Crippen LogP contribution in [0.3, 0.4) is 0 Å². The van der Waals surface area contributed by atoms with Crippen molar-refractivity contribution < 1.29 is 0 Å². The lowest BCUT2D eigenvalue weighted by Crippen LogP contribution is -2.22. The molecule has 0 fully saturated rings. The van der Waals surface area contributed by atoms with E-state index in [0.29, 0.717) is 6.04 Å². The van der Waals surface area contributed by atoms with Gasteiger partial charge in [-0.05, 0) is 35.2 Å². The summed E-state index contributed by atoms with van der Waals surface area (Å²) in [6.45, 7) is 2.25. The normalized spacial score (nSPS) is 12.9. The third-order valence-electron chi connectivity index (χ3n) is 2.76. The van der Waals surface area contributed by atoms with Crippen molar-refractivity contribution >= 4 is 11.3 Å². The Morgan fingerprint density at radius 3 is 2.73 bits per heavy atom. The van der Waals surface area contributed by atoms with Crippen molar-refractivity contribution in [3.05, 3.63) is 22.4 Å². The van der Waals surface area contributed by atoms with Crippen LogP contribution in [0.4, 0.5) is 0 Å². The number of hydrogen-bond acceptors (Lipinski definition) is 2. The van der Waals surface area contributed by atoms with E-state index in [2.05, 4.69) is 23.8 Å². The highest BCUT2D eigenvalue weighted by Crippen LogP contribution is 2.12. The quantitative estimate of drug-likeness (QED) is 0.665. The molecule has 0 radical (unpaired) electrons. The summed E-state index contributed by atoms with van der Waals surface area (Å²) in [5.41, 5.74) is 7.49. The predicted molar refractivity (Wildman–Crippen MR) is 69.4 cm³/mol. The third-order valence-corrected chi connectivity index (χ3v) is 3.49. The number of nitrogens with two attached hydrogens (primary N) is 1. The van der Waals surface area contributed by atoms with Crippen LogP contribution < -0.4 is 5.73 Å². The van der Waals surface area contributed by atoms with E-state index < -0.39 is 0 Å². The van der Waals surface area contributed by atoms with Gasteiger partial charge in [0.05, 0.1) is 0 Å². The molecule has 86 valence electrons. The maximum Gasteiger partial charge on any atom is 0.00796 e. The molecule has 1 rings (SSSR count). The lowest BCUT2D eigenvalue weighted by molar-refractivity contribution is 0.538. The number of thiophene rings is 1. The minimum Gasteiger partial charge on any atom is -0.327 e. The van der Waals surface area contributed by atoms with Gasteiger partial charge in [-0.25, -0.2) is 0 Å². The molecular weight excluding hydrogens is 202 g/mol. The van der Waals surface area contributed by atoms with Gasteiger partial charge in [-0.2, -0.15) is 11.3 Å². The van der Waals surface area contributed by atoms with Crippen molar-refractivity contribution in [1.29, 1.82) is 0 Å². The molecule has 0 aliphatic heterocycles. The first-order valence-corrected chi connectivity index (χ1v) is 7.04. The molecule has 0 spiro atoms. The molecule has 1 aromatic rings. The monoisotopic (exact) mass is 225 g/mol. The molecule has 1 unspecified atom stereocenters. The van der Waals surface area contributed by atoms with E-state index in [1.165, 1.54) is 44.1 Å². The highest BCUT2D eigenvalue weighted by molar-refractivity contribution is 7.07. The fourth-order valence-corrected chi connectivity index (χ4v) is 2.51. The zero-order chi connectivity index (χ0) is 10.9. The SMILES string of the molecule is CCCCCCCC(N)Cc1ccsc1. The largest absolute Gasteiger partial charge is 0.327 e. The summed E-state index contributed by atoms with van der Waals surface area (Å²) in [6.07, 6.45) is 8.95. The molecule has 0 aromatic carbocycles. The van der Waals surface area contributed by atoms with Gasteiger partial charge in [0.2, 0.25) is 0 Å². The van der Waals surface area contributed by atoms with Crippen LogP contribution >= 0.6 is 11.3 Å². The summed E-state index contributed by atoms with van der Waals surface area (Å²) in [5, 5.41) is 4.33. The van der Waals surface area contributed by atoms with Crippen LogP contribution in [0.15, 0.2) is 16.8 Å². The first-order valence-electron chi connectivity index (χ1n) is 6.09. The Kier molecular flexibility index (Phi) is 6.69. The van der Waals surface area contributed by atoms with Crippen molar-refractivity contribution in [1.82, 2.24) is 0 Å². The van der Waals surface area contributed by atoms with Gasteiger partial charge in [-0.15, -0.1) is 0 Å². The van der Waals surface area contributed by atoms with Crippen molar-refractivity contribution in [2.24, 2.45) is 5.73 Å². The van der Waals surface area contributed by atoms with Crippen molar-refractivity contribution in [3.63, 3.8) is 0 Å². The van der Waals surface area contributed by atoms with Crippen LogP contribution in [-0.4, -0.2) is 6.04 Å². The molecule has 0 amide bonds. The smallest absolute Gasteiger partial charge is 0.00796 e. The van der Waals surface area contributed by atoms with Gasteiger partial charge < -0.3 is 5.73 Å². The van der Waals surface area contributed by atoms with Crippen molar-refractivity contribution in [2.45, 2.75) is 57.9 Å². The van der Waals surface area contributed by atoms with Gasteiger partial charge >= 0.3 is 0 Å². The number of unbranched alkanes of at least 4 members (excludes halogenated alkanes) is 4. The highest BCUT2D eigenvalue weighted by atomic mass is 32.1. The first-order chi connectivity index (χ1) is 7.33. The van der Waals surface area contributed by atoms with E-state index in [-0.39, 0.29) is 0 Å². The van der Waals surface area contributed by atoms with Gasteiger partial charge in [0.25, 0.3) is 0 Å². The summed E-state index contributed by atoms with van der Waals surface area (Å²) in [5.74, 6) is 0. The third kappa shape index (κ3) is 5.95. The molecule has 0 saturated heterocycles. The molecule has 2 heteroatoms. The Morgan fingerprint density at radius 1 is 1.27 bits per heavy atom. The molecule has 0 saturated carbocycles. The van der Waals surface area contributed by atoms with Gasteiger partial charge in [0, 0.05) is 6.04 Å². The topological polar surface area (TPSA) is 26.0 Å². The van der Waals surface area contributed by atoms with Gasteiger partial charge in [0.1, 0.15) is 0 Å². The summed E-state index contributed by atoms with van der Waals surface area (Å²) in [6, 6.07) is 2.54. The second-order valence-corrected chi connectivity index (χ2v) is 5.08. The molecule has 1 heterocycles. The average Bonchev–Trinajstić information content (AvgIpc) is 2.70. The molecule has 1 nitrogen and oxygen atoms in total. The summed E-state index contributed by atoms with van der Waals surface area (Å²) < 4.78 is 0. The Hall–Kier alpha value is -0.340. The average molecular weight is 225 g/mol. The maximum atomic E-state index is 6.08. The summed E-state index contributed by atoms with van der Waals surface area (Å²) in [7, 11) is 0. The van der Waals surface area contributed by atoms with E-state index in [1.807, 2.05) is 0 Å². The van der Waals surface area contributed by atoms with E-state index in [0.717, 1.165) is 6.42 Å². The Labute approximate surface area is 97.7 Å². The molecule has 0 aliphatic carbocycles. The van der Waals surface area contributed by atoms with Gasteiger partial charge in [0.15, 0.2) is 0 Å². The molecule has 2 N–H and O–H groups in total. The van der Waals surface area contributed by atoms with E-state index in [9.17, 15) is 0 Å². The zero-order valence-electron chi connectivity index (χ0n) is 9.74. The highest BCUT2D eigenvalue weighted by Gasteiger charge is 2.03. The molecule has 1 aromatic heterocycles. The van der Waals surface area contributed by atoms with E-state index in [1.54, 1.807) is 11.3 Å². The van der Waals surface area contributed by atoms with Crippen LogP contribution in [0.5, 0.6) is 0 Å². The lowest BCUT2D eigenvalue weighted by atomic mass is 10.0. The van der Waals surface area contributed by atoms with Crippen LogP contribution in [0.25, 0.3) is 0 Å². The molecule has 1 atom stereocenters. The lowest BCUT2D eigenvalue weighted by Gasteiger charge is -2.09. The molecule has 15 heavy (non-hydrogen) atoms. The summed E-state index contributed by atoms with van der Waals surface area (Å²) in [4.78, 5) is 0. The van der Waals surface area contributed by atoms with E-state index in [4.69, 9.17) is 5.73 Å². The Morgan fingerprint density at radius 2 is 2.07 bits per heavy atom. The van der Waals surface area contributed by atoms with Crippen LogP contribution in [-0.2, 0) is 6.42 Å². The van der Waals surface area contributed by atoms with Crippen molar-refractivity contribution in [2.75, 3.05) is 0 Å². The van der Waals surface area contributed by atoms with Crippen LogP contribution in [0.2, 0.25) is 0 Å². The van der Waals surface area contributed by atoms with Crippen LogP contribution in [0.1, 0.15) is 51.0 Å². The van der Waals surface area contributed by atoms with E-state index >= 15 is 0 Å². The van der Waals surface area contributed by atoms with Crippen LogP contribution in [0, 0.1) is 0 Å². The molecular formula is C13H23NS. The maximum absolute atomic E-state index is 6.08. The second-order valence-electron chi connectivity index (χ2n) is 4.30. The minimum atomic E-state index is 0.362. The predicted octanol–water partition coefficient (Wildman–Crippen LogP) is 3.98. The van der Waals surface area contributed by atoms with Gasteiger partial charge in [-0.1, -0.05) is 39.0 Å². The Balaban J connectivity index is 2.01. The summed E-state index contributed by atoms with van der Waals surface area (Å²) >= 11 is 1.76. The number of rotatable bonds is 8. The first kappa shape index (κ1) is 12.7. The second kappa shape index (κ2) is 7.89. The fraction of sp³-hybridized carbons (Fsp3) is 0.692. The fourth-order valence-electron chi connectivity index (χ4n) is 1.82. The zero-order valence-corrected chi connectivity index (χ0v) is 10.6.